The fourth-order valence-corrected chi connectivity index (χ4v) is 6.49. The van der Waals surface area contributed by atoms with Gasteiger partial charge in [-0.1, -0.05) is 24.6 Å². The Morgan fingerprint density at radius 2 is 1.62 bits per heavy atom. The molecular weight excluding hydrogens is 422 g/mol. The van der Waals surface area contributed by atoms with Crippen molar-refractivity contribution in [2.24, 2.45) is 0 Å². The molecule has 2 aromatic rings. The predicted molar refractivity (Wildman–Crippen MR) is 127 cm³/mol. The van der Waals surface area contributed by atoms with Crippen LogP contribution < -0.4 is 4.90 Å². The molecule has 2 saturated heterocycles. The minimum Gasteiger partial charge on any atom is -0.371 e. The van der Waals surface area contributed by atoms with Gasteiger partial charge in [-0.3, -0.25) is 4.79 Å². The summed E-state index contributed by atoms with van der Waals surface area (Å²) in [4.78, 5) is 17.4. The van der Waals surface area contributed by atoms with Crippen molar-refractivity contribution in [3.05, 3.63) is 59.7 Å². The molecule has 0 bridgehead atoms. The van der Waals surface area contributed by atoms with Gasteiger partial charge >= 0.3 is 0 Å². The summed E-state index contributed by atoms with van der Waals surface area (Å²) in [7, 11) is -1.74. The molecule has 2 aromatic carbocycles. The van der Waals surface area contributed by atoms with Crippen molar-refractivity contribution in [2.45, 2.75) is 56.5 Å². The molecule has 4 rings (SSSR count). The molecule has 7 heteroatoms. The lowest BCUT2D eigenvalue weighted by Crippen LogP contribution is -2.41. The minimum atomic E-state index is -3.53. The topological polar surface area (TPSA) is 60.9 Å². The van der Waals surface area contributed by atoms with E-state index < -0.39 is 10.0 Å². The zero-order valence-corrected chi connectivity index (χ0v) is 19.9. The van der Waals surface area contributed by atoms with E-state index in [9.17, 15) is 13.2 Å². The molecule has 0 saturated carbocycles. The van der Waals surface area contributed by atoms with E-state index in [2.05, 4.69) is 17.0 Å². The fourth-order valence-electron chi connectivity index (χ4n) is 4.79. The number of rotatable bonds is 6. The van der Waals surface area contributed by atoms with Crippen LogP contribution in [0.2, 0.25) is 0 Å². The first kappa shape index (κ1) is 22.8. The Kier molecular flexibility index (Phi) is 6.86. The third kappa shape index (κ3) is 4.69. The summed E-state index contributed by atoms with van der Waals surface area (Å²) in [5, 5.41) is 0. The molecule has 2 heterocycles. The summed E-state index contributed by atoms with van der Waals surface area (Å²) in [6.07, 6.45) is 5.25. The summed E-state index contributed by atoms with van der Waals surface area (Å²) < 4.78 is 27.7. The highest BCUT2D eigenvalue weighted by Gasteiger charge is 2.31. The molecule has 0 spiro atoms. The average molecular weight is 456 g/mol. The van der Waals surface area contributed by atoms with Gasteiger partial charge in [-0.05, 0) is 68.5 Å². The van der Waals surface area contributed by atoms with E-state index in [1.165, 1.54) is 18.5 Å². The molecule has 6 nitrogen and oxygen atoms in total. The van der Waals surface area contributed by atoms with Crippen molar-refractivity contribution in [2.75, 3.05) is 31.6 Å². The van der Waals surface area contributed by atoms with Crippen molar-refractivity contribution in [1.82, 2.24) is 9.21 Å². The molecule has 0 radical (unpaired) electrons. The van der Waals surface area contributed by atoms with Gasteiger partial charge in [0.15, 0.2) is 0 Å². The summed E-state index contributed by atoms with van der Waals surface area (Å²) in [5.74, 6) is -0.114. The first-order valence-electron chi connectivity index (χ1n) is 11.6. The Balaban J connectivity index is 1.47. The second-order valence-corrected chi connectivity index (χ2v) is 10.9. The standard InChI is InChI=1S/C25H33N3O3S/c1-20-9-5-6-18-28(20)32(30,31)23-14-12-21(13-15-23)25(29)26(2)19-22-10-3-4-11-24(22)27-16-7-8-17-27/h3-4,10-15,20H,5-9,16-19H2,1-2H3. The maximum absolute atomic E-state index is 13.0. The van der Waals surface area contributed by atoms with Crippen molar-refractivity contribution < 1.29 is 13.2 Å². The highest BCUT2D eigenvalue weighted by Crippen LogP contribution is 2.27. The molecular formula is C25H33N3O3S. The van der Waals surface area contributed by atoms with Crippen LogP contribution in [0.15, 0.2) is 53.4 Å². The zero-order valence-electron chi connectivity index (χ0n) is 19.0. The van der Waals surface area contributed by atoms with Crippen molar-refractivity contribution in [3.63, 3.8) is 0 Å². The Morgan fingerprint density at radius 3 is 2.31 bits per heavy atom. The molecule has 2 fully saturated rings. The molecule has 1 amide bonds. The fraction of sp³-hybridized carbons (Fsp3) is 0.480. The smallest absolute Gasteiger partial charge is 0.253 e. The molecule has 2 aliphatic rings. The molecule has 172 valence electrons. The van der Waals surface area contributed by atoms with Crippen LogP contribution in [0, 0.1) is 0 Å². The number of anilines is 1. The van der Waals surface area contributed by atoms with Gasteiger partial charge in [0.1, 0.15) is 0 Å². The molecule has 0 aromatic heterocycles. The molecule has 1 unspecified atom stereocenters. The SMILES string of the molecule is CC1CCCCN1S(=O)(=O)c1ccc(C(=O)N(C)Cc2ccccc2N2CCCC2)cc1. The summed E-state index contributed by atoms with van der Waals surface area (Å²) in [5.41, 5.74) is 2.82. The van der Waals surface area contributed by atoms with Crippen LogP contribution in [0.25, 0.3) is 0 Å². The second kappa shape index (κ2) is 9.63. The Hall–Kier alpha value is -2.38. The number of piperidine rings is 1. The average Bonchev–Trinajstić information content (AvgIpc) is 3.34. The first-order chi connectivity index (χ1) is 15.4. The van der Waals surface area contributed by atoms with Gasteiger partial charge in [0, 0.05) is 50.5 Å². The van der Waals surface area contributed by atoms with Gasteiger partial charge < -0.3 is 9.80 Å². The first-order valence-corrected chi connectivity index (χ1v) is 13.0. The lowest BCUT2D eigenvalue weighted by atomic mass is 10.1. The van der Waals surface area contributed by atoms with Crippen LogP contribution in [0.5, 0.6) is 0 Å². The van der Waals surface area contributed by atoms with Crippen LogP contribution in [0.3, 0.4) is 0 Å². The zero-order chi connectivity index (χ0) is 22.7. The van der Waals surface area contributed by atoms with Crippen LogP contribution in [0.1, 0.15) is 54.9 Å². The molecule has 2 aliphatic heterocycles. The van der Waals surface area contributed by atoms with Crippen LogP contribution in [0.4, 0.5) is 5.69 Å². The van der Waals surface area contributed by atoms with Crippen molar-refractivity contribution in [1.29, 1.82) is 0 Å². The quantitative estimate of drug-likeness (QED) is 0.657. The highest BCUT2D eigenvalue weighted by molar-refractivity contribution is 7.89. The maximum atomic E-state index is 13.0. The summed E-state index contributed by atoms with van der Waals surface area (Å²) >= 11 is 0. The lowest BCUT2D eigenvalue weighted by molar-refractivity contribution is 0.0785. The van der Waals surface area contributed by atoms with Gasteiger partial charge in [0.2, 0.25) is 10.0 Å². The predicted octanol–water partition coefficient (Wildman–Crippen LogP) is 4.12. The third-order valence-corrected chi connectivity index (χ3v) is 8.67. The Bertz CT molecular complexity index is 1050. The molecule has 0 N–H and O–H groups in total. The van der Waals surface area contributed by atoms with Gasteiger partial charge in [-0.15, -0.1) is 0 Å². The minimum absolute atomic E-state index is 0.0110. The van der Waals surface area contributed by atoms with Gasteiger partial charge in [0.05, 0.1) is 4.90 Å². The van der Waals surface area contributed by atoms with Crippen LogP contribution in [-0.4, -0.2) is 56.3 Å². The van der Waals surface area contributed by atoms with E-state index in [1.807, 2.05) is 19.1 Å². The molecule has 1 atom stereocenters. The Morgan fingerprint density at radius 1 is 0.969 bits per heavy atom. The van der Waals surface area contributed by atoms with Crippen LogP contribution >= 0.6 is 0 Å². The van der Waals surface area contributed by atoms with E-state index in [-0.39, 0.29) is 16.8 Å². The number of para-hydroxylation sites is 1. The summed E-state index contributed by atoms with van der Waals surface area (Å²) in [6.45, 7) is 5.14. The Labute approximate surface area is 191 Å². The number of hydrogen-bond donors (Lipinski definition) is 0. The van der Waals surface area contributed by atoms with E-state index >= 15 is 0 Å². The van der Waals surface area contributed by atoms with Crippen LogP contribution in [-0.2, 0) is 16.6 Å². The number of hydrogen-bond acceptors (Lipinski definition) is 4. The number of benzene rings is 2. The normalized spacial score (nSPS) is 19.8. The number of sulfonamides is 1. The second-order valence-electron chi connectivity index (χ2n) is 8.97. The van der Waals surface area contributed by atoms with E-state index in [1.54, 1.807) is 40.5 Å². The highest BCUT2D eigenvalue weighted by atomic mass is 32.2. The van der Waals surface area contributed by atoms with Crippen molar-refractivity contribution >= 4 is 21.6 Å². The van der Waals surface area contributed by atoms with Gasteiger partial charge in [-0.2, -0.15) is 4.31 Å². The molecule has 32 heavy (non-hydrogen) atoms. The number of carbonyl (C=O) groups excluding carboxylic acids is 1. The van der Waals surface area contributed by atoms with E-state index in [4.69, 9.17) is 0 Å². The number of nitrogens with zero attached hydrogens (tertiary/aromatic N) is 3. The number of carbonyl (C=O) groups is 1. The summed E-state index contributed by atoms with van der Waals surface area (Å²) in [6, 6.07) is 14.7. The van der Waals surface area contributed by atoms with Gasteiger partial charge in [0.25, 0.3) is 5.91 Å². The number of amides is 1. The lowest BCUT2D eigenvalue weighted by Gasteiger charge is -2.32. The van der Waals surface area contributed by atoms with E-state index in [0.717, 1.165) is 37.9 Å². The van der Waals surface area contributed by atoms with Crippen molar-refractivity contribution in [3.8, 4) is 0 Å². The molecule has 0 aliphatic carbocycles. The monoisotopic (exact) mass is 455 g/mol. The van der Waals surface area contributed by atoms with Gasteiger partial charge in [-0.25, -0.2) is 8.42 Å². The van der Waals surface area contributed by atoms with E-state index in [0.29, 0.717) is 18.7 Å². The maximum Gasteiger partial charge on any atom is 0.253 e. The third-order valence-electron chi connectivity index (χ3n) is 6.64. The largest absolute Gasteiger partial charge is 0.371 e.